The SMILES string of the molecule is CN=C(NCc1ccc(C(=O)NCC(N)=O)cc1)N1CCN(C(=O)c2ccco2)CC1. The first-order chi connectivity index (χ1) is 15.0. The molecule has 3 rings (SSSR count). The molecule has 10 nitrogen and oxygen atoms in total. The zero-order chi connectivity index (χ0) is 22.2. The van der Waals surface area contributed by atoms with Gasteiger partial charge in [0.25, 0.3) is 11.8 Å². The van der Waals surface area contributed by atoms with E-state index in [0.717, 1.165) is 11.5 Å². The first kappa shape index (κ1) is 21.9. The number of piperazine rings is 1. The van der Waals surface area contributed by atoms with E-state index in [-0.39, 0.29) is 18.4 Å². The zero-order valence-corrected chi connectivity index (χ0v) is 17.3. The van der Waals surface area contributed by atoms with E-state index in [1.807, 2.05) is 12.1 Å². The fourth-order valence-electron chi connectivity index (χ4n) is 3.23. The van der Waals surface area contributed by atoms with E-state index in [1.165, 1.54) is 6.26 Å². The van der Waals surface area contributed by atoms with E-state index in [0.29, 0.717) is 44.0 Å². The Morgan fingerprint density at radius 1 is 1.03 bits per heavy atom. The molecule has 164 valence electrons. The number of carbonyl (C=O) groups excluding carboxylic acids is 3. The maximum absolute atomic E-state index is 12.4. The molecule has 1 saturated heterocycles. The van der Waals surface area contributed by atoms with Crippen molar-refractivity contribution in [1.29, 1.82) is 0 Å². The van der Waals surface area contributed by atoms with Crippen molar-refractivity contribution in [3.05, 3.63) is 59.5 Å². The number of amides is 3. The standard InChI is InChI=1S/C21H26N6O4/c1-23-21(27-10-8-26(9-11-27)20(30)17-3-2-12-31-17)25-13-15-4-6-16(7-5-15)19(29)24-14-18(22)28/h2-7,12H,8-11,13-14H2,1H3,(H2,22,28)(H,23,25)(H,24,29). The second-order valence-corrected chi connectivity index (χ2v) is 7.00. The van der Waals surface area contributed by atoms with E-state index in [2.05, 4.69) is 20.5 Å². The molecule has 0 saturated carbocycles. The third-order valence-electron chi connectivity index (χ3n) is 4.90. The molecule has 2 aromatic rings. The molecule has 0 radical (unpaired) electrons. The summed E-state index contributed by atoms with van der Waals surface area (Å²) in [5, 5.41) is 5.76. The molecule has 2 heterocycles. The minimum absolute atomic E-state index is 0.104. The lowest BCUT2D eigenvalue weighted by molar-refractivity contribution is -0.117. The summed E-state index contributed by atoms with van der Waals surface area (Å²) >= 11 is 0. The van der Waals surface area contributed by atoms with Crippen LogP contribution in [0.2, 0.25) is 0 Å². The van der Waals surface area contributed by atoms with Crippen LogP contribution in [0.1, 0.15) is 26.5 Å². The van der Waals surface area contributed by atoms with E-state index in [1.54, 1.807) is 36.2 Å². The molecule has 4 N–H and O–H groups in total. The second-order valence-electron chi connectivity index (χ2n) is 7.00. The van der Waals surface area contributed by atoms with Crippen LogP contribution in [0.15, 0.2) is 52.1 Å². The number of furan rings is 1. The second kappa shape index (κ2) is 10.3. The molecule has 1 aromatic heterocycles. The molecule has 1 fully saturated rings. The van der Waals surface area contributed by atoms with Gasteiger partial charge < -0.3 is 30.6 Å². The Bertz CT molecular complexity index is 931. The Hall–Kier alpha value is -3.82. The van der Waals surface area contributed by atoms with Gasteiger partial charge in [-0.25, -0.2) is 0 Å². The number of nitrogens with one attached hydrogen (secondary N) is 2. The van der Waals surface area contributed by atoms with Crippen LogP contribution in [0.5, 0.6) is 0 Å². The summed E-state index contributed by atoms with van der Waals surface area (Å²) in [6.07, 6.45) is 1.50. The number of nitrogens with two attached hydrogens (primary N) is 1. The molecule has 0 spiro atoms. The highest BCUT2D eigenvalue weighted by Crippen LogP contribution is 2.10. The van der Waals surface area contributed by atoms with E-state index in [4.69, 9.17) is 10.2 Å². The normalized spacial score (nSPS) is 14.3. The monoisotopic (exact) mass is 426 g/mol. The lowest BCUT2D eigenvalue weighted by Gasteiger charge is -2.36. The largest absolute Gasteiger partial charge is 0.459 e. The van der Waals surface area contributed by atoms with Gasteiger partial charge in [0, 0.05) is 45.3 Å². The van der Waals surface area contributed by atoms with Crippen LogP contribution in [-0.2, 0) is 11.3 Å². The Morgan fingerprint density at radius 3 is 2.29 bits per heavy atom. The summed E-state index contributed by atoms with van der Waals surface area (Å²) in [7, 11) is 1.72. The smallest absolute Gasteiger partial charge is 0.289 e. The molecule has 31 heavy (non-hydrogen) atoms. The first-order valence-electron chi connectivity index (χ1n) is 9.91. The average molecular weight is 426 g/mol. The Labute approximate surface area is 180 Å². The van der Waals surface area contributed by atoms with Gasteiger partial charge in [-0.1, -0.05) is 12.1 Å². The van der Waals surface area contributed by atoms with Crippen LogP contribution in [0, 0.1) is 0 Å². The van der Waals surface area contributed by atoms with E-state index in [9.17, 15) is 14.4 Å². The van der Waals surface area contributed by atoms with Crippen molar-refractivity contribution in [2.45, 2.75) is 6.54 Å². The van der Waals surface area contributed by atoms with Gasteiger partial charge in [0.1, 0.15) is 0 Å². The molecule has 0 bridgehead atoms. The topological polar surface area (TPSA) is 133 Å². The molecule has 1 aromatic carbocycles. The van der Waals surface area contributed by atoms with Crippen molar-refractivity contribution in [2.75, 3.05) is 39.8 Å². The summed E-state index contributed by atoms with van der Waals surface area (Å²) in [6.45, 7) is 2.81. The lowest BCUT2D eigenvalue weighted by atomic mass is 10.1. The van der Waals surface area contributed by atoms with Crippen LogP contribution in [0.25, 0.3) is 0 Å². The van der Waals surface area contributed by atoms with Gasteiger partial charge in [-0.3, -0.25) is 19.4 Å². The summed E-state index contributed by atoms with van der Waals surface area (Å²) in [5.41, 5.74) is 6.45. The molecule has 1 aliphatic rings. The van der Waals surface area contributed by atoms with Crippen LogP contribution in [0.4, 0.5) is 0 Å². The number of aliphatic imine (C=N–C) groups is 1. The first-order valence-corrected chi connectivity index (χ1v) is 9.91. The van der Waals surface area contributed by atoms with Crippen molar-refractivity contribution < 1.29 is 18.8 Å². The van der Waals surface area contributed by atoms with Gasteiger partial charge in [0.15, 0.2) is 11.7 Å². The van der Waals surface area contributed by atoms with Crippen LogP contribution in [-0.4, -0.2) is 73.3 Å². The number of benzene rings is 1. The number of carbonyl (C=O) groups is 3. The maximum Gasteiger partial charge on any atom is 0.289 e. The van der Waals surface area contributed by atoms with Crippen molar-refractivity contribution in [3.63, 3.8) is 0 Å². The Kier molecular flexibility index (Phi) is 7.26. The van der Waals surface area contributed by atoms with Gasteiger partial charge in [-0.2, -0.15) is 0 Å². The quantitative estimate of drug-likeness (QED) is 0.441. The molecular formula is C21H26N6O4. The van der Waals surface area contributed by atoms with Crippen LogP contribution >= 0.6 is 0 Å². The molecule has 0 atom stereocenters. The predicted molar refractivity (Wildman–Crippen MR) is 114 cm³/mol. The molecule has 10 heteroatoms. The molecule has 0 unspecified atom stereocenters. The molecule has 3 amide bonds. The van der Waals surface area contributed by atoms with Crippen molar-refractivity contribution in [1.82, 2.24) is 20.4 Å². The Morgan fingerprint density at radius 2 is 1.71 bits per heavy atom. The lowest BCUT2D eigenvalue weighted by Crippen LogP contribution is -2.53. The Balaban J connectivity index is 1.48. The summed E-state index contributed by atoms with van der Waals surface area (Å²) in [5.74, 6) is 0.0476. The van der Waals surface area contributed by atoms with Gasteiger partial charge in [0.05, 0.1) is 12.8 Å². The highest BCUT2D eigenvalue weighted by molar-refractivity contribution is 5.96. The summed E-state index contributed by atoms with van der Waals surface area (Å²) < 4.78 is 5.19. The fourth-order valence-corrected chi connectivity index (χ4v) is 3.23. The van der Waals surface area contributed by atoms with Crippen LogP contribution < -0.4 is 16.4 Å². The van der Waals surface area contributed by atoms with Crippen LogP contribution in [0.3, 0.4) is 0 Å². The van der Waals surface area contributed by atoms with Gasteiger partial charge in [-0.15, -0.1) is 0 Å². The highest BCUT2D eigenvalue weighted by Gasteiger charge is 2.25. The third kappa shape index (κ3) is 5.84. The maximum atomic E-state index is 12.4. The highest BCUT2D eigenvalue weighted by atomic mass is 16.3. The number of primary amides is 1. The molecule has 1 aliphatic heterocycles. The molecular weight excluding hydrogens is 400 g/mol. The van der Waals surface area contributed by atoms with Gasteiger partial charge >= 0.3 is 0 Å². The zero-order valence-electron chi connectivity index (χ0n) is 17.3. The van der Waals surface area contributed by atoms with Gasteiger partial charge in [-0.05, 0) is 29.8 Å². The van der Waals surface area contributed by atoms with E-state index >= 15 is 0 Å². The molecule has 0 aliphatic carbocycles. The number of hydrogen-bond donors (Lipinski definition) is 3. The predicted octanol–water partition coefficient (Wildman–Crippen LogP) is 0.0281. The summed E-state index contributed by atoms with van der Waals surface area (Å²) in [4.78, 5) is 43.3. The van der Waals surface area contributed by atoms with Crippen molar-refractivity contribution >= 4 is 23.7 Å². The third-order valence-corrected chi connectivity index (χ3v) is 4.90. The van der Waals surface area contributed by atoms with Crippen molar-refractivity contribution in [2.24, 2.45) is 10.7 Å². The van der Waals surface area contributed by atoms with Crippen molar-refractivity contribution in [3.8, 4) is 0 Å². The number of nitrogens with zero attached hydrogens (tertiary/aromatic N) is 3. The minimum Gasteiger partial charge on any atom is -0.459 e. The number of hydrogen-bond acceptors (Lipinski definition) is 5. The van der Waals surface area contributed by atoms with Gasteiger partial charge in [0.2, 0.25) is 5.91 Å². The summed E-state index contributed by atoms with van der Waals surface area (Å²) in [6, 6.07) is 10.4. The minimum atomic E-state index is -0.591. The van der Waals surface area contributed by atoms with E-state index < -0.39 is 5.91 Å². The number of rotatable bonds is 6. The number of guanidine groups is 1. The fraction of sp³-hybridized carbons (Fsp3) is 0.333. The average Bonchev–Trinajstić information content (AvgIpc) is 3.33.